The van der Waals surface area contributed by atoms with Crippen LogP contribution >= 0.6 is 35.1 Å². The number of thiophene rings is 1. The molecule has 8 heteroatoms. The van der Waals surface area contributed by atoms with Crippen molar-refractivity contribution in [2.24, 2.45) is 0 Å². The largest absolute Gasteiger partial charge is 0.480 e. The van der Waals surface area contributed by atoms with Crippen molar-refractivity contribution in [3.63, 3.8) is 0 Å². The third-order valence-corrected chi connectivity index (χ3v) is 6.15. The van der Waals surface area contributed by atoms with E-state index in [1.165, 1.54) is 5.56 Å². The lowest BCUT2D eigenvalue weighted by Gasteiger charge is -2.37. The van der Waals surface area contributed by atoms with Gasteiger partial charge < -0.3 is 5.11 Å². The molecule has 3 heterocycles. The van der Waals surface area contributed by atoms with Crippen LogP contribution in [-0.4, -0.2) is 58.1 Å². The minimum atomic E-state index is -0.734. The molecule has 1 fully saturated rings. The molecule has 138 valence electrons. The quantitative estimate of drug-likeness (QED) is 0.767. The molecule has 0 aliphatic carbocycles. The summed E-state index contributed by atoms with van der Waals surface area (Å²) in [7, 11) is 0. The van der Waals surface area contributed by atoms with Gasteiger partial charge in [-0.25, -0.2) is 4.98 Å². The van der Waals surface area contributed by atoms with Crippen LogP contribution < -0.4 is 0 Å². The summed E-state index contributed by atoms with van der Waals surface area (Å²) in [6, 6.07) is 2.50. The number of hydrogen-bond acceptors (Lipinski definition) is 6. The van der Waals surface area contributed by atoms with Crippen LogP contribution in [-0.2, 0) is 11.3 Å². The highest BCUT2D eigenvalue weighted by Gasteiger charge is 2.25. The highest BCUT2D eigenvalue weighted by molar-refractivity contribution is 7.14. The van der Waals surface area contributed by atoms with Crippen molar-refractivity contribution in [3.8, 4) is 10.6 Å². The van der Waals surface area contributed by atoms with Gasteiger partial charge in [0, 0.05) is 42.0 Å². The Morgan fingerprint density at radius 2 is 2.16 bits per heavy atom. The highest BCUT2D eigenvalue weighted by Crippen LogP contribution is 2.26. The van der Waals surface area contributed by atoms with Crippen molar-refractivity contribution in [1.82, 2.24) is 14.8 Å². The van der Waals surface area contributed by atoms with Gasteiger partial charge in [-0.3, -0.25) is 14.6 Å². The van der Waals surface area contributed by atoms with E-state index >= 15 is 0 Å². The van der Waals surface area contributed by atoms with E-state index in [1.54, 1.807) is 22.7 Å². The first-order valence-corrected chi connectivity index (χ1v) is 10.1. The predicted octanol–water partition coefficient (Wildman–Crippen LogP) is 3.66. The van der Waals surface area contributed by atoms with Crippen LogP contribution in [0.2, 0.25) is 0 Å². The summed E-state index contributed by atoms with van der Waals surface area (Å²) in [5, 5.41) is 16.5. The zero-order valence-corrected chi connectivity index (χ0v) is 16.7. The summed E-state index contributed by atoms with van der Waals surface area (Å²) in [5.74, 6) is -0.734. The van der Waals surface area contributed by atoms with Crippen LogP contribution in [0, 0.1) is 0 Å². The lowest BCUT2D eigenvalue weighted by molar-refractivity contribution is -0.139. The number of likely N-dealkylation sites (tertiary alicyclic amines) is 1. The van der Waals surface area contributed by atoms with Gasteiger partial charge in [0.25, 0.3) is 0 Å². The molecule has 1 saturated heterocycles. The number of aromatic nitrogens is 1. The maximum Gasteiger partial charge on any atom is 0.317 e. The number of nitrogens with zero attached hydrogens (tertiary/aromatic N) is 3. The van der Waals surface area contributed by atoms with Crippen LogP contribution in [0.1, 0.15) is 25.5 Å². The molecule has 0 bridgehead atoms. The number of hydrogen-bond donors (Lipinski definition) is 1. The van der Waals surface area contributed by atoms with Crippen LogP contribution in [0.5, 0.6) is 0 Å². The van der Waals surface area contributed by atoms with Crippen LogP contribution in [0.3, 0.4) is 0 Å². The van der Waals surface area contributed by atoms with Gasteiger partial charge in [0.05, 0.1) is 12.2 Å². The van der Waals surface area contributed by atoms with Gasteiger partial charge in [-0.1, -0.05) is 6.92 Å². The van der Waals surface area contributed by atoms with Crippen molar-refractivity contribution in [2.75, 3.05) is 26.2 Å². The summed E-state index contributed by atoms with van der Waals surface area (Å²) in [5.41, 5.74) is 2.35. The highest BCUT2D eigenvalue weighted by atomic mass is 35.5. The van der Waals surface area contributed by atoms with Crippen LogP contribution in [0.25, 0.3) is 10.6 Å². The molecule has 25 heavy (non-hydrogen) atoms. The minimum absolute atomic E-state index is 0. The molecule has 0 spiro atoms. The molecule has 0 radical (unpaired) electrons. The van der Waals surface area contributed by atoms with Gasteiger partial charge in [-0.15, -0.1) is 23.7 Å². The Morgan fingerprint density at radius 3 is 2.76 bits per heavy atom. The zero-order valence-electron chi connectivity index (χ0n) is 14.3. The maximum absolute atomic E-state index is 11.0. The van der Waals surface area contributed by atoms with Crippen LogP contribution in [0.4, 0.5) is 0 Å². The average molecular weight is 402 g/mol. The second-order valence-electron chi connectivity index (χ2n) is 6.12. The van der Waals surface area contributed by atoms with Crippen molar-refractivity contribution in [1.29, 1.82) is 0 Å². The van der Waals surface area contributed by atoms with E-state index < -0.39 is 5.97 Å². The predicted molar refractivity (Wildman–Crippen MR) is 106 cm³/mol. The molecule has 3 rings (SSSR count). The van der Waals surface area contributed by atoms with Crippen molar-refractivity contribution < 1.29 is 9.90 Å². The topological polar surface area (TPSA) is 56.7 Å². The first-order chi connectivity index (χ1) is 11.7. The third kappa shape index (κ3) is 5.49. The van der Waals surface area contributed by atoms with E-state index in [1.807, 2.05) is 6.92 Å². The summed E-state index contributed by atoms with van der Waals surface area (Å²) in [6.07, 6.45) is 2.06. The molecule has 5 nitrogen and oxygen atoms in total. The van der Waals surface area contributed by atoms with E-state index in [4.69, 9.17) is 10.1 Å². The second kappa shape index (κ2) is 9.64. The Bertz CT molecular complexity index is 655. The van der Waals surface area contributed by atoms with Crippen molar-refractivity contribution >= 4 is 41.0 Å². The second-order valence-corrected chi connectivity index (χ2v) is 7.76. The molecule has 1 aliphatic rings. The first kappa shape index (κ1) is 20.3. The number of likely N-dealkylation sites (N-methyl/N-ethyl adjacent to an activating group) is 1. The Labute approximate surface area is 162 Å². The lowest BCUT2D eigenvalue weighted by atomic mass is 10.0. The van der Waals surface area contributed by atoms with Gasteiger partial charge in [0.15, 0.2) is 0 Å². The average Bonchev–Trinajstić information content (AvgIpc) is 3.24. The molecular weight excluding hydrogens is 378 g/mol. The number of thiazole rings is 1. The lowest BCUT2D eigenvalue weighted by Crippen LogP contribution is -2.46. The van der Waals surface area contributed by atoms with E-state index in [0.29, 0.717) is 6.04 Å². The summed E-state index contributed by atoms with van der Waals surface area (Å²) in [6.45, 7) is 5.89. The Morgan fingerprint density at radius 1 is 1.40 bits per heavy atom. The molecule has 2 aromatic heterocycles. The Balaban J connectivity index is 0.00000225. The monoisotopic (exact) mass is 401 g/mol. The molecule has 1 N–H and O–H groups in total. The van der Waals surface area contributed by atoms with Crippen LogP contribution in [0.15, 0.2) is 22.2 Å². The third-order valence-electron chi connectivity index (χ3n) is 4.52. The molecule has 0 saturated carbocycles. The molecule has 2 aromatic rings. The van der Waals surface area contributed by atoms with Gasteiger partial charge in [0.1, 0.15) is 5.01 Å². The number of piperidine rings is 1. The fourth-order valence-electron chi connectivity index (χ4n) is 3.24. The SMILES string of the molecule is CCN(CC(=O)O)C1CCN(Cc2csc(-c3ccsc3)n2)CC1.Cl. The minimum Gasteiger partial charge on any atom is -0.480 e. The fourth-order valence-corrected chi connectivity index (χ4v) is 4.77. The molecule has 1 aliphatic heterocycles. The fraction of sp³-hybridized carbons (Fsp3) is 0.529. The normalized spacial score (nSPS) is 16.1. The molecular formula is C17H24ClN3O2S2. The maximum atomic E-state index is 11.0. The Kier molecular flexibility index (Phi) is 7.83. The summed E-state index contributed by atoms with van der Waals surface area (Å²) >= 11 is 3.41. The molecule has 0 atom stereocenters. The standard InChI is InChI=1S/C17H23N3O2S2.ClH/c1-2-20(10-16(21)22)15-3-6-19(7-4-15)9-14-12-24-17(18-14)13-5-8-23-11-13;/h5,8,11-12,15H,2-4,6-7,9-10H2,1H3,(H,21,22);1H. The number of halogens is 1. The number of carboxylic acids is 1. The van der Waals surface area contributed by atoms with Crippen molar-refractivity contribution in [3.05, 3.63) is 27.9 Å². The zero-order chi connectivity index (χ0) is 16.9. The summed E-state index contributed by atoms with van der Waals surface area (Å²) in [4.78, 5) is 20.2. The molecule has 0 unspecified atom stereocenters. The molecule has 0 amide bonds. The summed E-state index contributed by atoms with van der Waals surface area (Å²) < 4.78 is 0. The number of rotatable bonds is 7. The van der Waals surface area contributed by atoms with E-state index in [-0.39, 0.29) is 19.0 Å². The van der Waals surface area contributed by atoms with E-state index in [0.717, 1.165) is 49.7 Å². The Hall–Kier alpha value is -0.990. The molecule has 0 aromatic carbocycles. The number of aliphatic carboxylic acids is 1. The smallest absolute Gasteiger partial charge is 0.317 e. The number of carboxylic acid groups (broad SMARTS) is 1. The van der Waals surface area contributed by atoms with Gasteiger partial charge >= 0.3 is 5.97 Å². The van der Waals surface area contributed by atoms with Crippen molar-refractivity contribution in [2.45, 2.75) is 32.4 Å². The van der Waals surface area contributed by atoms with E-state index in [9.17, 15) is 4.79 Å². The van der Waals surface area contributed by atoms with E-state index in [2.05, 4.69) is 32.0 Å². The van der Waals surface area contributed by atoms with Gasteiger partial charge in [0.2, 0.25) is 0 Å². The van der Waals surface area contributed by atoms with Gasteiger partial charge in [-0.05, 0) is 30.8 Å². The number of carbonyl (C=O) groups is 1. The van der Waals surface area contributed by atoms with Gasteiger partial charge in [-0.2, -0.15) is 11.3 Å². The first-order valence-electron chi connectivity index (χ1n) is 8.31.